The molecule has 1 rings (SSSR count). The second kappa shape index (κ2) is 6.04. The van der Waals surface area contributed by atoms with E-state index in [0.29, 0.717) is 12.0 Å². The third-order valence-corrected chi connectivity index (χ3v) is 3.38. The number of aryl methyl sites for hydroxylation is 1. The van der Waals surface area contributed by atoms with Crippen LogP contribution in [0.3, 0.4) is 0 Å². The summed E-state index contributed by atoms with van der Waals surface area (Å²) in [4.78, 5) is 0. The zero-order valence-electron chi connectivity index (χ0n) is 11.2. The van der Waals surface area contributed by atoms with Gasteiger partial charge in [0.1, 0.15) is 0 Å². The zero-order valence-corrected chi connectivity index (χ0v) is 11.2. The Morgan fingerprint density at radius 2 is 2.12 bits per heavy atom. The Morgan fingerprint density at radius 3 is 2.56 bits per heavy atom. The minimum absolute atomic E-state index is 0.636. The molecule has 0 aliphatic carbocycles. The van der Waals surface area contributed by atoms with E-state index in [1.165, 1.54) is 17.7 Å². The molecule has 0 aliphatic heterocycles. The fourth-order valence-corrected chi connectivity index (χ4v) is 2.03. The van der Waals surface area contributed by atoms with Crippen LogP contribution in [0, 0.1) is 12.8 Å². The van der Waals surface area contributed by atoms with E-state index in [2.05, 4.69) is 38.1 Å². The van der Waals surface area contributed by atoms with Crippen LogP contribution in [0.15, 0.2) is 6.20 Å². The molecule has 1 atom stereocenters. The van der Waals surface area contributed by atoms with Crippen LogP contribution in [-0.4, -0.2) is 22.4 Å². The van der Waals surface area contributed by atoms with Crippen LogP contribution in [-0.2, 0) is 13.5 Å². The number of aromatic nitrogens is 2. The number of hydrogen-bond acceptors (Lipinski definition) is 2. The van der Waals surface area contributed by atoms with E-state index in [1.807, 2.05) is 17.9 Å². The van der Waals surface area contributed by atoms with Crippen molar-refractivity contribution in [3.63, 3.8) is 0 Å². The maximum absolute atomic E-state index is 4.26. The minimum Gasteiger partial charge on any atom is -0.313 e. The van der Waals surface area contributed by atoms with Gasteiger partial charge in [0.05, 0.1) is 6.20 Å². The van der Waals surface area contributed by atoms with Crippen molar-refractivity contribution >= 4 is 0 Å². The van der Waals surface area contributed by atoms with E-state index in [-0.39, 0.29) is 0 Å². The lowest BCUT2D eigenvalue weighted by molar-refractivity contribution is 0.391. The van der Waals surface area contributed by atoms with Gasteiger partial charge in [0, 0.05) is 18.8 Å². The van der Waals surface area contributed by atoms with Crippen molar-refractivity contribution < 1.29 is 0 Å². The quantitative estimate of drug-likeness (QED) is 0.802. The molecule has 0 aromatic carbocycles. The molecule has 3 nitrogen and oxygen atoms in total. The van der Waals surface area contributed by atoms with Crippen molar-refractivity contribution in [3.05, 3.63) is 17.5 Å². The van der Waals surface area contributed by atoms with Crippen molar-refractivity contribution in [2.75, 3.05) is 6.54 Å². The fourth-order valence-electron chi connectivity index (χ4n) is 2.03. The van der Waals surface area contributed by atoms with E-state index < -0.39 is 0 Å². The van der Waals surface area contributed by atoms with Crippen molar-refractivity contribution in [1.82, 2.24) is 15.1 Å². The normalized spacial score (nSPS) is 13.4. The number of hydrogen-bond donors (Lipinski definition) is 1. The smallest absolute Gasteiger partial charge is 0.0524 e. The minimum atomic E-state index is 0.636. The number of nitrogens with zero attached hydrogens (tertiary/aromatic N) is 2. The molecular formula is C13H25N3. The van der Waals surface area contributed by atoms with Crippen molar-refractivity contribution in [1.29, 1.82) is 0 Å². The number of nitrogens with one attached hydrogen (secondary N) is 1. The fraction of sp³-hybridized carbons (Fsp3) is 0.769. The molecule has 0 saturated carbocycles. The summed E-state index contributed by atoms with van der Waals surface area (Å²) in [6.45, 7) is 9.96. The van der Waals surface area contributed by atoms with Crippen molar-refractivity contribution in [2.24, 2.45) is 13.0 Å². The summed E-state index contributed by atoms with van der Waals surface area (Å²) in [6.07, 6.45) is 4.25. The molecule has 0 radical (unpaired) electrons. The first-order chi connectivity index (χ1) is 7.56. The molecular weight excluding hydrogens is 198 g/mol. The zero-order chi connectivity index (χ0) is 12.1. The summed E-state index contributed by atoms with van der Waals surface area (Å²) in [5.74, 6) is 0.708. The van der Waals surface area contributed by atoms with Crippen LogP contribution < -0.4 is 5.32 Å². The Kier molecular flexibility index (Phi) is 5.00. The van der Waals surface area contributed by atoms with E-state index in [1.54, 1.807) is 0 Å². The summed E-state index contributed by atoms with van der Waals surface area (Å²) < 4.78 is 1.94. The van der Waals surface area contributed by atoms with Crippen LogP contribution in [0.4, 0.5) is 0 Å². The molecule has 0 spiro atoms. The molecule has 3 heteroatoms. The van der Waals surface area contributed by atoms with Gasteiger partial charge in [0.2, 0.25) is 0 Å². The summed E-state index contributed by atoms with van der Waals surface area (Å²) in [6, 6.07) is 0.636. The van der Waals surface area contributed by atoms with Crippen LogP contribution >= 0.6 is 0 Å². The molecule has 1 aromatic rings. The molecule has 0 aliphatic rings. The highest BCUT2D eigenvalue weighted by Crippen LogP contribution is 2.08. The second-order valence-corrected chi connectivity index (χ2v) is 4.84. The molecule has 1 heterocycles. The molecule has 0 saturated heterocycles. The molecule has 1 N–H and O–H groups in total. The summed E-state index contributed by atoms with van der Waals surface area (Å²) >= 11 is 0. The van der Waals surface area contributed by atoms with Gasteiger partial charge >= 0.3 is 0 Å². The van der Waals surface area contributed by atoms with Crippen LogP contribution in [0.5, 0.6) is 0 Å². The Balaban J connectivity index is 2.38. The van der Waals surface area contributed by atoms with Crippen LogP contribution in [0.25, 0.3) is 0 Å². The van der Waals surface area contributed by atoms with Gasteiger partial charge in [0.15, 0.2) is 0 Å². The molecule has 1 aromatic heterocycles. The first kappa shape index (κ1) is 13.2. The van der Waals surface area contributed by atoms with Gasteiger partial charge in [-0.05, 0) is 37.8 Å². The Hall–Kier alpha value is -0.830. The van der Waals surface area contributed by atoms with E-state index in [4.69, 9.17) is 0 Å². The molecule has 0 bridgehead atoms. The highest BCUT2D eigenvalue weighted by Gasteiger charge is 2.10. The van der Waals surface area contributed by atoms with E-state index in [9.17, 15) is 0 Å². The topological polar surface area (TPSA) is 29.9 Å². The second-order valence-electron chi connectivity index (χ2n) is 4.84. The first-order valence-electron chi connectivity index (χ1n) is 6.27. The average molecular weight is 223 g/mol. The van der Waals surface area contributed by atoms with Crippen molar-refractivity contribution in [2.45, 2.75) is 46.6 Å². The lowest BCUT2D eigenvalue weighted by atomic mass is 10.0. The standard InChI is InChI=1S/C13H25N3/c1-6-13(10(2)3)14-8-7-12-9-15-16(5)11(12)4/h9-10,13-14H,6-8H2,1-5H3. The Morgan fingerprint density at radius 1 is 1.44 bits per heavy atom. The van der Waals surface area contributed by atoms with Gasteiger partial charge in [-0.25, -0.2) is 0 Å². The highest BCUT2D eigenvalue weighted by molar-refractivity contribution is 5.16. The van der Waals surface area contributed by atoms with Crippen LogP contribution in [0.2, 0.25) is 0 Å². The summed E-state index contributed by atoms with van der Waals surface area (Å²) in [7, 11) is 2.00. The van der Waals surface area contributed by atoms with Gasteiger partial charge in [0.25, 0.3) is 0 Å². The highest BCUT2D eigenvalue weighted by atomic mass is 15.3. The van der Waals surface area contributed by atoms with E-state index >= 15 is 0 Å². The molecule has 1 unspecified atom stereocenters. The third kappa shape index (κ3) is 3.34. The monoisotopic (exact) mass is 223 g/mol. The average Bonchev–Trinajstić information content (AvgIpc) is 2.55. The molecule has 92 valence electrons. The van der Waals surface area contributed by atoms with E-state index in [0.717, 1.165) is 13.0 Å². The first-order valence-corrected chi connectivity index (χ1v) is 6.27. The van der Waals surface area contributed by atoms with Gasteiger partial charge < -0.3 is 5.32 Å². The lowest BCUT2D eigenvalue weighted by Gasteiger charge is -2.20. The predicted molar refractivity (Wildman–Crippen MR) is 68.6 cm³/mol. The van der Waals surface area contributed by atoms with Crippen LogP contribution in [0.1, 0.15) is 38.4 Å². The van der Waals surface area contributed by atoms with Gasteiger partial charge in [-0.2, -0.15) is 5.10 Å². The Labute approximate surface area is 99.2 Å². The molecule has 16 heavy (non-hydrogen) atoms. The number of rotatable bonds is 6. The lowest BCUT2D eigenvalue weighted by Crippen LogP contribution is -2.34. The maximum Gasteiger partial charge on any atom is 0.0524 e. The molecule has 0 amide bonds. The Bertz CT molecular complexity index is 315. The SMILES string of the molecule is CCC(NCCc1cnn(C)c1C)C(C)C. The van der Waals surface area contributed by atoms with Crippen molar-refractivity contribution in [3.8, 4) is 0 Å². The summed E-state index contributed by atoms with van der Waals surface area (Å²) in [5, 5.41) is 7.87. The van der Waals surface area contributed by atoms with Gasteiger partial charge in [-0.3, -0.25) is 4.68 Å². The largest absolute Gasteiger partial charge is 0.313 e. The third-order valence-electron chi connectivity index (χ3n) is 3.38. The predicted octanol–water partition coefficient (Wildman–Crippen LogP) is 2.30. The van der Waals surface area contributed by atoms with Gasteiger partial charge in [-0.1, -0.05) is 20.8 Å². The van der Waals surface area contributed by atoms with Gasteiger partial charge in [-0.15, -0.1) is 0 Å². The molecule has 0 fully saturated rings. The summed E-state index contributed by atoms with van der Waals surface area (Å²) in [5.41, 5.74) is 2.63. The maximum atomic E-state index is 4.26.